The number of amides is 1. The van der Waals surface area contributed by atoms with Crippen molar-refractivity contribution in [2.24, 2.45) is 0 Å². The van der Waals surface area contributed by atoms with Crippen molar-refractivity contribution in [3.05, 3.63) is 50.3 Å². The Hall–Kier alpha value is -2.45. The minimum atomic E-state index is -0.515. The number of halogens is 1. The number of H-pyrrole nitrogens is 1. The molecule has 8 nitrogen and oxygen atoms in total. The zero-order valence-corrected chi connectivity index (χ0v) is 14.5. The van der Waals surface area contributed by atoms with Crippen molar-refractivity contribution in [3.63, 3.8) is 0 Å². The van der Waals surface area contributed by atoms with Gasteiger partial charge >= 0.3 is 0 Å². The number of aromatic amines is 1. The molecule has 0 spiro atoms. The van der Waals surface area contributed by atoms with Crippen LogP contribution in [0.2, 0.25) is 0 Å². The van der Waals surface area contributed by atoms with Gasteiger partial charge in [0.1, 0.15) is 0 Å². The molecule has 3 rings (SSSR count). The van der Waals surface area contributed by atoms with Crippen LogP contribution in [-0.2, 0) is 0 Å². The zero-order valence-electron chi connectivity index (χ0n) is 13.7. The van der Waals surface area contributed by atoms with E-state index in [1.165, 1.54) is 24.3 Å². The Kier molecular flexibility index (Phi) is 5.76. The number of aromatic nitrogens is 1. The van der Waals surface area contributed by atoms with Crippen molar-refractivity contribution < 1.29 is 9.72 Å². The highest BCUT2D eigenvalue weighted by molar-refractivity contribution is 6.06. The number of likely N-dealkylation sites (tertiary alicyclic amines) is 1. The Morgan fingerprint density at radius 1 is 1.44 bits per heavy atom. The van der Waals surface area contributed by atoms with Crippen molar-refractivity contribution in [1.29, 1.82) is 0 Å². The second-order valence-corrected chi connectivity index (χ2v) is 5.89. The summed E-state index contributed by atoms with van der Waals surface area (Å²) in [5.41, 5.74) is 0.113. The van der Waals surface area contributed by atoms with E-state index in [0.717, 1.165) is 12.8 Å². The largest absolute Gasteiger partial charge is 0.334 e. The SMILES string of the molecule is CNCC1CCCN1C(=O)c1cc(=O)[nH]c2ccc([N+](=O)[O-])cc12.Cl. The fraction of sp³-hybridized carbons (Fsp3) is 0.375. The van der Waals surface area contributed by atoms with E-state index in [2.05, 4.69) is 10.3 Å². The van der Waals surface area contributed by atoms with Gasteiger partial charge in [0.25, 0.3) is 11.6 Å². The number of nitrogens with one attached hydrogen (secondary N) is 2. The molecule has 2 heterocycles. The number of nitrogens with zero attached hydrogens (tertiary/aromatic N) is 2. The van der Waals surface area contributed by atoms with Crippen molar-refractivity contribution in [2.75, 3.05) is 20.1 Å². The Bertz CT molecular complexity index is 867. The number of non-ortho nitro benzene ring substituents is 1. The molecule has 1 aromatic heterocycles. The second-order valence-electron chi connectivity index (χ2n) is 5.89. The summed E-state index contributed by atoms with van der Waals surface area (Å²) in [6.45, 7) is 1.29. The summed E-state index contributed by atoms with van der Waals surface area (Å²) < 4.78 is 0. The first-order chi connectivity index (χ1) is 11.5. The van der Waals surface area contributed by atoms with Gasteiger partial charge in [-0.05, 0) is 26.0 Å². The minimum absolute atomic E-state index is 0. The number of hydrogen-bond acceptors (Lipinski definition) is 5. The molecule has 1 fully saturated rings. The monoisotopic (exact) mass is 366 g/mol. The van der Waals surface area contributed by atoms with Crippen LogP contribution in [-0.4, -0.2) is 46.9 Å². The molecule has 1 saturated heterocycles. The Morgan fingerprint density at radius 3 is 2.88 bits per heavy atom. The lowest BCUT2D eigenvalue weighted by Gasteiger charge is -2.25. The van der Waals surface area contributed by atoms with Gasteiger partial charge in [-0.3, -0.25) is 19.7 Å². The van der Waals surface area contributed by atoms with E-state index in [1.807, 2.05) is 7.05 Å². The third-order valence-electron chi connectivity index (χ3n) is 4.35. The van der Waals surface area contributed by atoms with Crippen LogP contribution < -0.4 is 10.9 Å². The first kappa shape index (κ1) is 18.9. The highest BCUT2D eigenvalue weighted by Gasteiger charge is 2.30. The van der Waals surface area contributed by atoms with Gasteiger partial charge in [-0.2, -0.15) is 0 Å². The van der Waals surface area contributed by atoms with Crippen LogP contribution in [0, 0.1) is 10.1 Å². The van der Waals surface area contributed by atoms with Crippen LogP contribution in [0.1, 0.15) is 23.2 Å². The van der Waals surface area contributed by atoms with Gasteiger partial charge < -0.3 is 15.2 Å². The predicted molar refractivity (Wildman–Crippen MR) is 96.5 cm³/mol. The summed E-state index contributed by atoms with van der Waals surface area (Å²) in [6, 6.07) is 5.40. The molecule has 1 aliphatic heterocycles. The lowest BCUT2D eigenvalue weighted by atomic mass is 10.1. The van der Waals surface area contributed by atoms with Crippen molar-refractivity contribution in [1.82, 2.24) is 15.2 Å². The number of fused-ring (bicyclic) bond motifs is 1. The van der Waals surface area contributed by atoms with E-state index >= 15 is 0 Å². The molecule has 9 heteroatoms. The number of rotatable bonds is 4. The third-order valence-corrected chi connectivity index (χ3v) is 4.35. The minimum Gasteiger partial charge on any atom is -0.334 e. The normalized spacial score (nSPS) is 16.7. The zero-order chi connectivity index (χ0) is 17.3. The summed E-state index contributed by atoms with van der Waals surface area (Å²) in [4.78, 5) is 39.7. The van der Waals surface area contributed by atoms with Crippen LogP contribution in [0.15, 0.2) is 29.1 Å². The third kappa shape index (κ3) is 3.64. The average molecular weight is 367 g/mol. The lowest BCUT2D eigenvalue weighted by molar-refractivity contribution is -0.384. The number of carbonyl (C=O) groups is 1. The molecule has 1 aromatic carbocycles. The standard InChI is InChI=1S/C16H18N4O4.ClH/c1-17-9-11-3-2-6-19(11)16(22)13-8-15(21)18-14-5-4-10(20(23)24)7-12(13)14;/h4-5,7-8,11,17H,2-3,6,9H2,1H3,(H,18,21);1H. The molecule has 0 saturated carbocycles. The van der Waals surface area contributed by atoms with Crippen LogP contribution >= 0.6 is 12.4 Å². The molecule has 0 aliphatic carbocycles. The molecule has 1 atom stereocenters. The fourth-order valence-electron chi connectivity index (χ4n) is 3.24. The summed E-state index contributed by atoms with van der Waals surface area (Å²) in [5, 5.41) is 14.5. The maximum absolute atomic E-state index is 13.0. The Balaban J connectivity index is 0.00000225. The molecule has 1 aliphatic rings. The molecule has 25 heavy (non-hydrogen) atoms. The number of nitro benzene ring substituents is 1. The summed E-state index contributed by atoms with van der Waals surface area (Å²) in [6.07, 6.45) is 1.80. The number of likely N-dealkylation sites (N-methyl/N-ethyl adjacent to an activating group) is 1. The van der Waals surface area contributed by atoms with Crippen LogP contribution in [0.5, 0.6) is 0 Å². The van der Waals surface area contributed by atoms with Gasteiger partial charge in [0.2, 0.25) is 5.56 Å². The first-order valence-electron chi connectivity index (χ1n) is 7.78. The molecule has 2 aromatic rings. The number of nitro groups is 1. The number of pyridine rings is 1. The lowest BCUT2D eigenvalue weighted by Crippen LogP contribution is -2.41. The van der Waals surface area contributed by atoms with Crippen LogP contribution in [0.3, 0.4) is 0 Å². The van der Waals surface area contributed by atoms with Gasteiger partial charge in [-0.25, -0.2) is 0 Å². The van der Waals surface area contributed by atoms with Gasteiger partial charge in [0.15, 0.2) is 0 Å². The Labute approximate surface area is 149 Å². The summed E-state index contributed by atoms with van der Waals surface area (Å²) in [5.74, 6) is -0.260. The van der Waals surface area contributed by atoms with E-state index < -0.39 is 10.5 Å². The summed E-state index contributed by atoms with van der Waals surface area (Å²) >= 11 is 0. The molecule has 0 bridgehead atoms. The number of benzene rings is 1. The van der Waals surface area contributed by atoms with Crippen molar-refractivity contribution in [3.8, 4) is 0 Å². The summed E-state index contributed by atoms with van der Waals surface area (Å²) in [7, 11) is 1.83. The van der Waals surface area contributed by atoms with E-state index in [-0.39, 0.29) is 35.6 Å². The topological polar surface area (TPSA) is 108 Å². The predicted octanol–water partition coefficient (Wildman–Crippen LogP) is 1.68. The fourth-order valence-corrected chi connectivity index (χ4v) is 3.24. The second kappa shape index (κ2) is 7.62. The van der Waals surface area contributed by atoms with Crippen LogP contribution in [0.25, 0.3) is 10.9 Å². The van der Waals surface area contributed by atoms with Gasteiger partial charge in [-0.1, -0.05) is 0 Å². The molecular formula is C16H19ClN4O4. The molecule has 134 valence electrons. The van der Waals surface area contributed by atoms with Crippen LogP contribution in [0.4, 0.5) is 5.69 Å². The van der Waals surface area contributed by atoms with Gasteiger partial charge in [-0.15, -0.1) is 12.4 Å². The molecule has 1 unspecified atom stereocenters. The first-order valence-corrected chi connectivity index (χ1v) is 7.78. The van der Waals surface area contributed by atoms with E-state index in [1.54, 1.807) is 4.90 Å². The maximum atomic E-state index is 13.0. The molecule has 2 N–H and O–H groups in total. The highest BCUT2D eigenvalue weighted by Crippen LogP contribution is 2.25. The number of carbonyl (C=O) groups excluding carboxylic acids is 1. The Morgan fingerprint density at radius 2 is 2.20 bits per heavy atom. The molecule has 1 amide bonds. The molecule has 0 radical (unpaired) electrons. The quantitative estimate of drug-likeness (QED) is 0.632. The number of hydrogen-bond donors (Lipinski definition) is 2. The highest BCUT2D eigenvalue weighted by atomic mass is 35.5. The maximum Gasteiger partial charge on any atom is 0.270 e. The van der Waals surface area contributed by atoms with Crippen molar-refractivity contribution >= 4 is 34.9 Å². The van der Waals surface area contributed by atoms with E-state index in [4.69, 9.17) is 0 Å². The smallest absolute Gasteiger partial charge is 0.270 e. The van der Waals surface area contributed by atoms with Gasteiger partial charge in [0.05, 0.1) is 10.5 Å². The van der Waals surface area contributed by atoms with E-state index in [0.29, 0.717) is 24.0 Å². The van der Waals surface area contributed by atoms with Gasteiger partial charge in [0, 0.05) is 48.2 Å². The average Bonchev–Trinajstić information content (AvgIpc) is 3.01. The van der Waals surface area contributed by atoms with Crippen molar-refractivity contribution in [2.45, 2.75) is 18.9 Å². The molecular weight excluding hydrogens is 348 g/mol. The van der Waals surface area contributed by atoms with E-state index in [9.17, 15) is 19.7 Å².